The highest BCUT2D eigenvalue weighted by Gasteiger charge is 2.23. The molecule has 4 rings (SSSR count). The first-order valence-corrected chi connectivity index (χ1v) is 8.93. The molecule has 2 heteroatoms. The first-order chi connectivity index (χ1) is 12.4. The Balaban J connectivity index is 1.97. The summed E-state index contributed by atoms with van der Waals surface area (Å²) in [5.74, 6) is 1.27. The van der Waals surface area contributed by atoms with Crippen LogP contribution in [-0.4, -0.2) is 9.55 Å². The van der Waals surface area contributed by atoms with Gasteiger partial charge in [0.1, 0.15) is 5.82 Å². The van der Waals surface area contributed by atoms with Crippen LogP contribution in [0.1, 0.15) is 36.2 Å². The van der Waals surface area contributed by atoms with Gasteiger partial charge in [-0.1, -0.05) is 79.7 Å². The Labute approximate surface area is 148 Å². The zero-order valence-corrected chi connectivity index (χ0v) is 14.5. The van der Waals surface area contributed by atoms with Crippen LogP contribution in [0.2, 0.25) is 0 Å². The van der Waals surface area contributed by atoms with Gasteiger partial charge < -0.3 is 4.57 Å². The monoisotopic (exact) mass is 326 g/mol. The molecule has 1 heterocycles. The van der Waals surface area contributed by atoms with Gasteiger partial charge in [0, 0.05) is 6.54 Å². The summed E-state index contributed by atoms with van der Waals surface area (Å²) in [6.45, 7) is 3.20. The van der Waals surface area contributed by atoms with Gasteiger partial charge in [-0.3, -0.25) is 0 Å². The lowest BCUT2D eigenvalue weighted by Crippen LogP contribution is -2.12. The lowest BCUT2D eigenvalue weighted by Gasteiger charge is -2.19. The van der Waals surface area contributed by atoms with Crippen LogP contribution < -0.4 is 0 Å². The lowest BCUT2D eigenvalue weighted by atomic mass is 9.90. The molecule has 1 aromatic heterocycles. The molecule has 0 atom stereocenters. The normalized spacial score (nSPS) is 11.3. The Hall–Kier alpha value is -2.87. The van der Waals surface area contributed by atoms with Gasteiger partial charge in [0.2, 0.25) is 0 Å². The molecular weight excluding hydrogens is 304 g/mol. The number of nitrogens with zero attached hydrogens (tertiary/aromatic N) is 2. The van der Waals surface area contributed by atoms with Crippen molar-refractivity contribution in [3.63, 3.8) is 0 Å². The fourth-order valence-corrected chi connectivity index (χ4v) is 3.55. The zero-order valence-electron chi connectivity index (χ0n) is 14.5. The van der Waals surface area contributed by atoms with Gasteiger partial charge in [-0.25, -0.2) is 4.98 Å². The van der Waals surface area contributed by atoms with E-state index in [2.05, 4.69) is 96.4 Å². The third-order valence-electron chi connectivity index (χ3n) is 4.66. The number of hydrogen-bond donors (Lipinski definition) is 0. The summed E-state index contributed by atoms with van der Waals surface area (Å²) in [5.41, 5.74) is 4.85. The number of para-hydroxylation sites is 2. The molecule has 0 fully saturated rings. The highest BCUT2D eigenvalue weighted by Crippen LogP contribution is 2.33. The minimum absolute atomic E-state index is 0.140. The summed E-state index contributed by atoms with van der Waals surface area (Å²) >= 11 is 0. The molecule has 0 aliphatic heterocycles. The molecule has 4 aromatic rings. The maximum atomic E-state index is 5.05. The van der Waals surface area contributed by atoms with E-state index in [1.54, 1.807) is 0 Å². The van der Waals surface area contributed by atoms with Crippen molar-refractivity contribution in [3.8, 4) is 0 Å². The van der Waals surface area contributed by atoms with Gasteiger partial charge in [0.05, 0.1) is 17.0 Å². The van der Waals surface area contributed by atoms with Crippen LogP contribution in [0.5, 0.6) is 0 Å². The standard InChI is InChI=1S/C23H22N2/c1-2-17-25-21-16-10-9-15-20(21)24-23(25)22(18-11-5-3-6-12-18)19-13-7-4-8-14-19/h3-16,22H,2,17H2,1H3. The molecule has 124 valence electrons. The molecule has 0 unspecified atom stereocenters. The molecule has 0 aliphatic carbocycles. The molecule has 0 N–H and O–H groups in total. The van der Waals surface area contributed by atoms with Crippen molar-refractivity contribution < 1.29 is 0 Å². The van der Waals surface area contributed by atoms with E-state index in [0.717, 1.165) is 24.3 Å². The average molecular weight is 326 g/mol. The summed E-state index contributed by atoms with van der Waals surface area (Å²) in [6, 6.07) is 29.8. The quantitative estimate of drug-likeness (QED) is 0.465. The number of fused-ring (bicyclic) bond motifs is 1. The third-order valence-corrected chi connectivity index (χ3v) is 4.66. The molecule has 2 nitrogen and oxygen atoms in total. The molecule has 0 saturated heterocycles. The van der Waals surface area contributed by atoms with Crippen molar-refractivity contribution in [2.45, 2.75) is 25.8 Å². The molecule has 0 aliphatic rings. The first-order valence-electron chi connectivity index (χ1n) is 8.93. The van der Waals surface area contributed by atoms with Crippen LogP contribution in [0.25, 0.3) is 11.0 Å². The topological polar surface area (TPSA) is 17.8 Å². The van der Waals surface area contributed by atoms with Gasteiger partial charge in [0.25, 0.3) is 0 Å². The molecular formula is C23H22N2. The van der Waals surface area contributed by atoms with Gasteiger partial charge >= 0.3 is 0 Å². The second kappa shape index (κ2) is 6.94. The van der Waals surface area contributed by atoms with Crippen LogP contribution in [0.4, 0.5) is 0 Å². The minimum atomic E-state index is 0.140. The largest absolute Gasteiger partial charge is 0.327 e. The summed E-state index contributed by atoms with van der Waals surface area (Å²) in [7, 11) is 0. The SMILES string of the molecule is CCCn1c(C(c2ccccc2)c2ccccc2)nc2ccccc21. The molecule has 0 saturated carbocycles. The minimum Gasteiger partial charge on any atom is -0.327 e. The van der Waals surface area contributed by atoms with Crippen molar-refractivity contribution in [3.05, 3.63) is 102 Å². The Morgan fingerprint density at radius 1 is 0.760 bits per heavy atom. The predicted octanol–water partition coefficient (Wildman–Crippen LogP) is 5.63. The van der Waals surface area contributed by atoms with E-state index in [0.29, 0.717) is 0 Å². The molecule has 3 aromatic carbocycles. The maximum absolute atomic E-state index is 5.05. The lowest BCUT2D eigenvalue weighted by molar-refractivity contribution is 0.645. The van der Waals surface area contributed by atoms with Gasteiger partial charge in [-0.05, 0) is 29.7 Å². The summed E-state index contributed by atoms with van der Waals surface area (Å²) in [6.07, 6.45) is 1.09. The zero-order chi connectivity index (χ0) is 17.1. The third kappa shape index (κ3) is 2.96. The highest BCUT2D eigenvalue weighted by molar-refractivity contribution is 5.76. The van der Waals surface area contributed by atoms with Gasteiger partial charge in [-0.2, -0.15) is 0 Å². The predicted molar refractivity (Wildman–Crippen MR) is 104 cm³/mol. The van der Waals surface area contributed by atoms with E-state index >= 15 is 0 Å². The Kier molecular flexibility index (Phi) is 4.34. The van der Waals surface area contributed by atoms with E-state index in [9.17, 15) is 0 Å². The van der Waals surface area contributed by atoms with Crippen molar-refractivity contribution >= 4 is 11.0 Å². The van der Waals surface area contributed by atoms with Gasteiger partial charge in [0.15, 0.2) is 0 Å². The summed E-state index contributed by atoms with van der Waals surface area (Å²) in [4.78, 5) is 5.05. The molecule has 0 bridgehead atoms. The fraction of sp³-hybridized carbons (Fsp3) is 0.174. The van der Waals surface area contributed by atoms with Gasteiger partial charge in [-0.15, -0.1) is 0 Å². The average Bonchev–Trinajstić information content (AvgIpc) is 3.02. The van der Waals surface area contributed by atoms with Crippen LogP contribution in [-0.2, 0) is 6.54 Å². The fourth-order valence-electron chi connectivity index (χ4n) is 3.55. The smallest absolute Gasteiger partial charge is 0.121 e. The van der Waals surface area contributed by atoms with Crippen LogP contribution >= 0.6 is 0 Å². The molecule has 0 spiro atoms. The number of aryl methyl sites for hydroxylation is 1. The second-order valence-electron chi connectivity index (χ2n) is 6.36. The maximum Gasteiger partial charge on any atom is 0.121 e. The Morgan fingerprint density at radius 3 is 1.92 bits per heavy atom. The van der Waals surface area contributed by atoms with E-state index in [1.807, 2.05) is 0 Å². The highest BCUT2D eigenvalue weighted by atomic mass is 15.1. The Bertz CT molecular complexity index is 916. The summed E-state index contributed by atoms with van der Waals surface area (Å²) < 4.78 is 2.39. The van der Waals surface area contributed by atoms with Crippen molar-refractivity contribution in [2.24, 2.45) is 0 Å². The Morgan fingerprint density at radius 2 is 1.32 bits per heavy atom. The molecule has 25 heavy (non-hydrogen) atoms. The molecule has 0 amide bonds. The second-order valence-corrected chi connectivity index (χ2v) is 6.36. The van der Waals surface area contributed by atoms with E-state index in [4.69, 9.17) is 4.98 Å². The number of benzene rings is 3. The van der Waals surface area contributed by atoms with E-state index in [1.165, 1.54) is 16.6 Å². The van der Waals surface area contributed by atoms with E-state index < -0.39 is 0 Å². The summed E-state index contributed by atoms with van der Waals surface area (Å²) in [5, 5.41) is 0. The number of rotatable bonds is 5. The van der Waals surface area contributed by atoms with Crippen molar-refractivity contribution in [1.82, 2.24) is 9.55 Å². The van der Waals surface area contributed by atoms with E-state index in [-0.39, 0.29) is 5.92 Å². The number of hydrogen-bond acceptors (Lipinski definition) is 1. The van der Waals surface area contributed by atoms with Crippen LogP contribution in [0.15, 0.2) is 84.9 Å². The van der Waals surface area contributed by atoms with Crippen molar-refractivity contribution in [1.29, 1.82) is 0 Å². The van der Waals surface area contributed by atoms with Crippen LogP contribution in [0.3, 0.4) is 0 Å². The number of aromatic nitrogens is 2. The first kappa shape index (κ1) is 15.6. The van der Waals surface area contributed by atoms with Crippen molar-refractivity contribution in [2.75, 3.05) is 0 Å². The number of imidazole rings is 1. The molecule has 0 radical (unpaired) electrons. The van der Waals surface area contributed by atoms with Crippen LogP contribution in [0, 0.1) is 0 Å².